The van der Waals surface area contributed by atoms with Gasteiger partial charge in [-0.1, -0.05) is 18.2 Å². The van der Waals surface area contributed by atoms with Gasteiger partial charge in [-0.3, -0.25) is 9.69 Å². The van der Waals surface area contributed by atoms with Crippen LogP contribution in [0.1, 0.15) is 67.1 Å². The number of aliphatic hydroxyl groups is 1. The molecule has 2 saturated heterocycles. The molecule has 0 bridgehead atoms. The van der Waals surface area contributed by atoms with Crippen LogP contribution in [0.15, 0.2) is 36.8 Å². The second-order valence-corrected chi connectivity index (χ2v) is 10.3. The Hall–Kier alpha value is -3.18. The van der Waals surface area contributed by atoms with Gasteiger partial charge in [-0.05, 0) is 39.2 Å². The Bertz CT molecular complexity index is 1290. The predicted octanol–water partition coefficient (Wildman–Crippen LogP) is 3.72. The van der Waals surface area contributed by atoms with Crippen molar-refractivity contribution in [2.45, 2.75) is 57.2 Å². The van der Waals surface area contributed by atoms with Crippen LogP contribution in [-0.2, 0) is 0 Å². The van der Waals surface area contributed by atoms with Crippen molar-refractivity contribution in [1.29, 1.82) is 0 Å². The van der Waals surface area contributed by atoms with Crippen LogP contribution in [0.25, 0.3) is 5.65 Å². The molecule has 3 aromatic rings. The third-order valence-electron chi connectivity index (χ3n) is 7.53. The van der Waals surface area contributed by atoms with Crippen molar-refractivity contribution in [3.05, 3.63) is 59.3 Å². The number of hydrogen-bond acceptors (Lipinski definition) is 6. The lowest BCUT2D eigenvalue weighted by Crippen LogP contribution is -2.45. The zero-order chi connectivity index (χ0) is 26.3. The molecule has 2 aliphatic heterocycles. The molecular weight excluding hydrogens is 485 g/mol. The molecule has 4 heterocycles. The van der Waals surface area contributed by atoms with Crippen LogP contribution < -0.4 is 10.2 Å². The molecule has 37 heavy (non-hydrogen) atoms. The first-order valence-electron chi connectivity index (χ1n) is 12.5. The van der Waals surface area contributed by atoms with Crippen LogP contribution in [-0.4, -0.2) is 68.3 Å². The minimum Gasteiger partial charge on any atom is -0.389 e. The molecule has 11 heteroatoms. The summed E-state index contributed by atoms with van der Waals surface area (Å²) in [5, 5.41) is 17.3. The van der Waals surface area contributed by atoms with E-state index in [0.29, 0.717) is 23.8 Å². The maximum Gasteiger partial charge on any atom is 0.266 e. The fourth-order valence-corrected chi connectivity index (χ4v) is 5.46. The average molecular weight is 517 g/mol. The standard InChI is InChI=1S/C26H31F3N6O2/c1-16(19-4-3-5-20(22(19)27)23(28)29)32-25(36)17-12-21(24-30-15-31-35(24)13-17)33-9-6-18(7-10-33)34-11-8-26(2,37)14-34/h3-5,12-13,15-16,18,23,37H,6-11,14H2,1-2H3,(H,32,36)/t16-,26+/m1/s1. The van der Waals surface area contributed by atoms with Crippen LogP contribution in [0.4, 0.5) is 18.9 Å². The summed E-state index contributed by atoms with van der Waals surface area (Å²) in [6.45, 7) is 6.53. The minimum atomic E-state index is -2.94. The smallest absolute Gasteiger partial charge is 0.266 e. The Kier molecular flexibility index (Phi) is 6.84. The molecular formula is C26H31F3N6O2. The summed E-state index contributed by atoms with van der Waals surface area (Å²) in [6.07, 6.45) is 2.65. The lowest BCUT2D eigenvalue weighted by atomic mass is 10.0. The molecule has 1 aromatic carbocycles. The maximum absolute atomic E-state index is 14.6. The number of nitrogens with zero attached hydrogens (tertiary/aromatic N) is 5. The number of β-amino-alcohol motifs (C(OH)–C–C–N with tert-alkyl or cyclic N) is 1. The number of halogens is 3. The van der Waals surface area contributed by atoms with Gasteiger partial charge < -0.3 is 15.3 Å². The monoisotopic (exact) mass is 516 g/mol. The first-order chi connectivity index (χ1) is 17.6. The second kappa shape index (κ2) is 9.94. The van der Waals surface area contributed by atoms with E-state index in [-0.39, 0.29) is 5.56 Å². The summed E-state index contributed by atoms with van der Waals surface area (Å²) in [5.74, 6) is -1.48. The number of alkyl halides is 2. The van der Waals surface area contributed by atoms with Gasteiger partial charge in [0.15, 0.2) is 5.65 Å². The predicted molar refractivity (Wildman–Crippen MR) is 132 cm³/mol. The number of nitrogens with one attached hydrogen (secondary N) is 1. The van der Waals surface area contributed by atoms with Crippen LogP contribution >= 0.6 is 0 Å². The molecule has 2 aromatic heterocycles. The first kappa shape index (κ1) is 25.5. The fourth-order valence-electron chi connectivity index (χ4n) is 5.46. The number of carbonyl (C=O) groups excluding carboxylic acids is 1. The third kappa shape index (κ3) is 5.15. The van der Waals surface area contributed by atoms with E-state index in [1.807, 2.05) is 6.92 Å². The number of hydrogen-bond donors (Lipinski definition) is 2. The highest BCUT2D eigenvalue weighted by molar-refractivity contribution is 5.96. The molecule has 0 radical (unpaired) electrons. The third-order valence-corrected chi connectivity index (χ3v) is 7.53. The summed E-state index contributed by atoms with van der Waals surface area (Å²) in [6, 6.07) is 5.11. The fraction of sp³-hybridized carbons (Fsp3) is 0.500. The topological polar surface area (TPSA) is 86.0 Å². The molecule has 2 aliphatic rings. The number of pyridine rings is 1. The molecule has 0 spiro atoms. The highest BCUT2D eigenvalue weighted by Gasteiger charge is 2.36. The van der Waals surface area contributed by atoms with Crippen molar-refractivity contribution >= 4 is 17.2 Å². The van der Waals surface area contributed by atoms with Gasteiger partial charge in [0.05, 0.1) is 28.5 Å². The normalized spacial score (nSPS) is 22.2. The van der Waals surface area contributed by atoms with E-state index >= 15 is 0 Å². The van der Waals surface area contributed by atoms with Crippen molar-refractivity contribution in [1.82, 2.24) is 24.8 Å². The Labute approximate surface area is 213 Å². The molecule has 0 saturated carbocycles. The number of fused-ring (bicyclic) bond motifs is 1. The molecule has 8 nitrogen and oxygen atoms in total. The van der Waals surface area contributed by atoms with Crippen LogP contribution in [0.2, 0.25) is 0 Å². The van der Waals surface area contributed by atoms with Gasteiger partial charge in [0.1, 0.15) is 12.1 Å². The van der Waals surface area contributed by atoms with Crippen LogP contribution in [0, 0.1) is 5.82 Å². The average Bonchev–Trinajstić information content (AvgIpc) is 3.49. The van der Waals surface area contributed by atoms with E-state index in [2.05, 4.69) is 25.2 Å². The quantitative estimate of drug-likeness (QED) is 0.520. The van der Waals surface area contributed by atoms with Crippen molar-refractivity contribution in [2.24, 2.45) is 0 Å². The Morgan fingerprint density at radius 3 is 2.62 bits per heavy atom. The number of amides is 1. The second-order valence-electron chi connectivity index (χ2n) is 10.3. The molecule has 5 rings (SSSR count). The number of carbonyl (C=O) groups is 1. The number of benzene rings is 1. The number of rotatable bonds is 6. The summed E-state index contributed by atoms with van der Waals surface area (Å²) in [4.78, 5) is 22.1. The largest absolute Gasteiger partial charge is 0.389 e. The lowest BCUT2D eigenvalue weighted by molar-refractivity contribution is 0.0597. The highest BCUT2D eigenvalue weighted by Crippen LogP contribution is 2.31. The molecule has 2 N–H and O–H groups in total. The zero-order valence-electron chi connectivity index (χ0n) is 20.9. The highest BCUT2D eigenvalue weighted by atomic mass is 19.3. The maximum atomic E-state index is 14.6. The summed E-state index contributed by atoms with van der Waals surface area (Å²) >= 11 is 0. The van der Waals surface area contributed by atoms with Gasteiger partial charge in [0.2, 0.25) is 0 Å². The van der Waals surface area contributed by atoms with Crippen molar-refractivity contribution in [3.8, 4) is 0 Å². The van der Waals surface area contributed by atoms with Gasteiger partial charge in [-0.2, -0.15) is 5.10 Å². The van der Waals surface area contributed by atoms with Gasteiger partial charge >= 0.3 is 0 Å². The SMILES string of the molecule is C[C@@H](NC(=O)c1cc(N2CCC(N3CC[C@](C)(O)C3)CC2)c2ncnn2c1)c1cccc(C(F)F)c1F. The molecule has 0 unspecified atom stereocenters. The van der Waals surface area contributed by atoms with Crippen LogP contribution in [0.5, 0.6) is 0 Å². The molecule has 198 valence electrons. The first-order valence-corrected chi connectivity index (χ1v) is 12.5. The molecule has 2 fully saturated rings. The van der Waals surface area contributed by atoms with Gasteiger partial charge in [-0.25, -0.2) is 22.7 Å². The van der Waals surface area contributed by atoms with E-state index in [9.17, 15) is 23.1 Å². The lowest BCUT2D eigenvalue weighted by Gasteiger charge is -2.38. The minimum absolute atomic E-state index is 0.00355. The van der Waals surface area contributed by atoms with Gasteiger partial charge in [-0.15, -0.1) is 0 Å². The molecule has 0 aliphatic carbocycles. The van der Waals surface area contributed by atoms with Crippen molar-refractivity contribution < 1.29 is 23.1 Å². The number of piperidine rings is 1. The number of aromatic nitrogens is 3. The van der Waals surface area contributed by atoms with E-state index < -0.39 is 35.4 Å². The summed E-state index contributed by atoms with van der Waals surface area (Å²) < 4.78 is 42.4. The summed E-state index contributed by atoms with van der Waals surface area (Å²) in [7, 11) is 0. The zero-order valence-corrected chi connectivity index (χ0v) is 20.9. The Morgan fingerprint density at radius 1 is 1.22 bits per heavy atom. The Balaban J connectivity index is 1.33. The Morgan fingerprint density at radius 2 is 1.95 bits per heavy atom. The number of likely N-dealkylation sites (tertiary alicyclic amines) is 1. The van der Waals surface area contributed by atoms with Gasteiger partial charge in [0.25, 0.3) is 12.3 Å². The van der Waals surface area contributed by atoms with Crippen LogP contribution in [0.3, 0.4) is 0 Å². The van der Waals surface area contributed by atoms with E-state index in [1.165, 1.54) is 23.0 Å². The van der Waals surface area contributed by atoms with Crippen molar-refractivity contribution in [2.75, 3.05) is 31.1 Å². The van der Waals surface area contributed by atoms with Crippen molar-refractivity contribution in [3.63, 3.8) is 0 Å². The molecule has 1 amide bonds. The van der Waals surface area contributed by atoms with E-state index in [1.54, 1.807) is 19.2 Å². The van der Waals surface area contributed by atoms with E-state index in [0.717, 1.165) is 50.7 Å². The molecule has 2 atom stereocenters. The summed E-state index contributed by atoms with van der Waals surface area (Å²) in [5.41, 5.74) is 0.385. The van der Waals surface area contributed by atoms with E-state index in [4.69, 9.17) is 0 Å². The van der Waals surface area contributed by atoms with Gasteiger partial charge in [0, 0.05) is 44.0 Å². The number of anilines is 1.